The predicted octanol–water partition coefficient (Wildman–Crippen LogP) is 4.62. The van der Waals surface area contributed by atoms with Crippen LogP contribution in [0.1, 0.15) is 19.8 Å². The first-order valence-corrected chi connectivity index (χ1v) is 9.79. The first-order chi connectivity index (χ1) is 15.0. The van der Waals surface area contributed by atoms with Crippen molar-refractivity contribution in [2.75, 3.05) is 12.4 Å². The van der Waals surface area contributed by atoms with E-state index in [4.69, 9.17) is 4.74 Å². The Balaban J connectivity index is 0.000000229. The van der Waals surface area contributed by atoms with Crippen LogP contribution in [0.5, 0.6) is 5.75 Å². The fourth-order valence-corrected chi connectivity index (χ4v) is 2.99. The number of amides is 1. The van der Waals surface area contributed by atoms with Crippen molar-refractivity contribution in [3.8, 4) is 17.1 Å². The van der Waals surface area contributed by atoms with Crippen LogP contribution in [0.3, 0.4) is 0 Å². The van der Waals surface area contributed by atoms with Crippen molar-refractivity contribution in [3.05, 3.63) is 72.6 Å². The molecule has 0 bridgehead atoms. The first-order valence-electron chi connectivity index (χ1n) is 9.79. The number of pyridine rings is 2. The van der Waals surface area contributed by atoms with Crippen LogP contribution in [-0.4, -0.2) is 35.2 Å². The van der Waals surface area contributed by atoms with Crippen LogP contribution in [0.25, 0.3) is 11.4 Å². The number of carbonyl (C=O) groups is 1. The zero-order valence-corrected chi connectivity index (χ0v) is 17.2. The molecular weight excluding hydrogens is 404 g/mol. The number of benzene rings is 1. The molecule has 3 aromatic rings. The van der Waals surface area contributed by atoms with Gasteiger partial charge in [-0.05, 0) is 56.2 Å². The highest BCUT2D eigenvalue weighted by atomic mass is 19.2. The fraction of sp³-hybridized carbons (Fsp3) is 0.261. The lowest BCUT2D eigenvalue weighted by Crippen LogP contribution is -2.27. The van der Waals surface area contributed by atoms with Gasteiger partial charge in [-0.1, -0.05) is 12.1 Å². The average molecular weight is 427 g/mol. The van der Waals surface area contributed by atoms with Gasteiger partial charge in [0.15, 0.2) is 11.6 Å². The quantitative estimate of drug-likeness (QED) is 0.658. The molecule has 0 saturated carbocycles. The average Bonchev–Trinajstić information content (AvgIpc) is 3.24. The third-order valence-electron chi connectivity index (χ3n) is 4.62. The van der Waals surface area contributed by atoms with Crippen LogP contribution in [0.4, 0.5) is 14.5 Å². The third-order valence-corrected chi connectivity index (χ3v) is 4.62. The maximum absolute atomic E-state index is 12.5. The number of hydrogen-bond acceptors (Lipinski definition) is 5. The minimum atomic E-state index is -0.940. The van der Waals surface area contributed by atoms with E-state index in [9.17, 15) is 13.6 Å². The van der Waals surface area contributed by atoms with Crippen molar-refractivity contribution in [1.82, 2.24) is 9.97 Å². The molecule has 2 unspecified atom stereocenters. The van der Waals surface area contributed by atoms with Gasteiger partial charge in [0, 0.05) is 6.20 Å². The summed E-state index contributed by atoms with van der Waals surface area (Å²) in [7, 11) is 1.29. The Morgan fingerprint density at radius 2 is 1.87 bits per heavy atom. The minimum Gasteiger partial charge on any atom is -0.494 e. The Hall–Kier alpha value is -3.39. The summed E-state index contributed by atoms with van der Waals surface area (Å²) in [6.07, 6.45) is 4.87. The molecule has 1 saturated heterocycles. The number of anilines is 1. The van der Waals surface area contributed by atoms with Crippen LogP contribution in [0, 0.1) is 11.6 Å². The Morgan fingerprint density at radius 1 is 1.06 bits per heavy atom. The number of methoxy groups -OCH3 is 1. The molecule has 0 aliphatic carbocycles. The zero-order valence-electron chi connectivity index (χ0n) is 17.2. The summed E-state index contributed by atoms with van der Waals surface area (Å²) < 4.78 is 34.9. The van der Waals surface area contributed by atoms with Crippen molar-refractivity contribution in [2.45, 2.75) is 32.0 Å². The van der Waals surface area contributed by atoms with E-state index < -0.39 is 11.6 Å². The molecule has 1 aromatic carbocycles. The number of carbonyl (C=O) groups excluding carboxylic acids is 1. The minimum absolute atomic E-state index is 0.0694. The maximum Gasteiger partial charge on any atom is 0.253 e. The molecule has 3 heterocycles. The zero-order chi connectivity index (χ0) is 22.2. The van der Waals surface area contributed by atoms with E-state index >= 15 is 0 Å². The van der Waals surface area contributed by atoms with Gasteiger partial charge in [0.2, 0.25) is 5.82 Å². The maximum atomic E-state index is 12.5. The Bertz CT molecular complexity index is 1000. The molecule has 4 rings (SSSR count). The van der Waals surface area contributed by atoms with Gasteiger partial charge < -0.3 is 14.8 Å². The van der Waals surface area contributed by atoms with E-state index in [1.165, 1.54) is 19.2 Å². The molecule has 2 atom stereocenters. The molecule has 8 heteroatoms. The van der Waals surface area contributed by atoms with Crippen LogP contribution in [0.2, 0.25) is 0 Å². The highest BCUT2D eigenvalue weighted by Crippen LogP contribution is 2.21. The van der Waals surface area contributed by atoms with Gasteiger partial charge in [0.1, 0.15) is 6.10 Å². The highest BCUT2D eigenvalue weighted by molar-refractivity contribution is 5.94. The molecule has 0 spiro atoms. The van der Waals surface area contributed by atoms with Crippen LogP contribution < -0.4 is 10.1 Å². The number of ether oxygens (including phenoxy) is 2. The monoisotopic (exact) mass is 427 g/mol. The van der Waals surface area contributed by atoms with Crippen molar-refractivity contribution >= 4 is 11.6 Å². The van der Waals surface area contributed by atoms with Crippen molar-refractivity contribution < 1.29 is 23.0 Å². The largest absolute Gasteiger partial charge is 0.494 e. The SMILES string of the molecule is CC1CCC(C(=O)Nc2ccc(-c3ccccn3)nc2)O1.COc1cccc(F)c1F. The van der Waals surface area contributed by atoms with E-state index in [-0.39, 0.29) is 23.9 Å². The fourth-order valence-electron chi connectivity index (χ4n) is 2.99. The molecule has 6 nitrogen and oxygen atoms in total. The van der Waals surface area contributed by atoms with E-state index in [0.717, 1.165) is 30.3 Å². The number of nitrogens with one attached hydrogen (secondary N) is 1. The summed E-state index contributed by atoms with van der Waals surface area (Å²) in [5.41, 5.74) is 2.26. The third kappa shape index (κ3) is 6.05. The smallest absolute Gasteiger partial charge is 0.253 e. The van der Waals surface area contributed by atoms with E-state index in [2.05, 4.69) is 20.0 Å². The molecule has 1 aliphatic rings. The summed E-state index contributed by atoms with van der Waals surface area (Å²) in [4.78, 5) is 20.6. The van der Waals surface area contributed by atoms with Crippen molar-refractivity contribution in [3.63, 3.8) is 0 Å². The Kier molecular flexibility index (Phi) is 7.61. The van der Waals surface area contributed by atoms with Crippen LogP contribution >= 0.6 is 0 Å². The lowest BCUT2D eigenvalue weighted by Gasteiger charge is -2.11. The first kappa shape index (κ1) is 22.3. The predicted molar refractivity (Wildman–Crippen MR) is 113 cm³/mol. The second-order valence-corrected chi connectivity index (χ2v) is 6.91. The molecule has 162 valence electrons. The Labute approximate surface area is 179 Å². The van der Waals surface area contributed by atoms with Crippen molar-refractivity contribution in [1.29, 1.82) is 0 Å². The molecule has 1 aliphatic heterocycles. The number of halogens is 2. The van der Waals surface area contributed by atoms with E-state index in [0.29, 0.717) is 5.69 Å². The van der Waals surface area contributed by atoms with Crippen LogP contribution in [0.15, 0.2) is 60.9 Å². The van der Waals surface area contributed by atoms with Gasteiger partial charge in [-0.3, -0.25) is 14.8 Å². The summed E-state index contributed by atoms with van der Waals surface area (Å²) in [5, 5.41) is 2.84. The standard InChI is InChI=1S/C16H17N3O2.C7H6F2O/c1-11-5-8-15(21-11)16(20)19-12-6-7-14(18-10-12)13-4-2-3-9-17-13;1-10-6-4-2-3-5(8)7(6)9/h2-4,6-7,9-11,15H,5,8H2,1H3,(H,19,20);2-4H,1H3. The van der Waals surface area contributed by atoms with Gasteiger partial charge in [-0.25, -0.2) is 4.39 Å². The van der Waals surface area contributed by atoms with Gasteiger partial charge >= 0.3 is 0 Å². The number of hydrogen-bond donors (Lipinski definition) is 1. The lowest BCUT2D eigenvalue weighted by molar-refractivity contribution is -0.126. The van der Waals surface area contributed by atoms with Gasteiger partial charge in [-0.2, -0.15) is 4.39 Å². The summed E-state index contributed by atoms with van der Waals surface area (Å²) in [6, 6.07) is 13.1. The molecule has 31 heavy (non-hydrogen) atoms. The molecule has 2 aromatic heterocycles. The normalized spacial score (nSPS) is 17.4. The van der Waals surface area contributed by atoms with E-state index in [1.54, 1.807) is 12.4 Å². The second-order valence-electron chi connectivity index (χ2n) is 6.91. The summed E-state index contributed by atoms with van der Waals surface area (Å²) >= 11 is 0. The van der Waals surface area contributed by atoms with E-state index in [1.807, 2.05) is 37.3 Å². The molecule has 1 fully saturated rings. The summed E-state index contributed by atoms with van der Waals surface area (Å²) in [5.74, 6) is -2.00. The summed E-state index contributed by atoms with van der Waals surface area (Å²) in [6.45, 7) is 1.98. The molecule has 0 radical (unpaired) electrons. The number of rotatable bonds is 4. The topological polar surface area (TPSA) is 73.3 Å². The van der Waals surface area contributed by atoms with Gasteiger partial charge in [0.05, 0.1) is 36.5 Å². The molecule has 1 amide bonds. The number of aromatic nitrogens is 2. The molecule has 1 N–H and O–H groups in total. The second kappa shape index (κ2) is 10.6. The molecular formula is C23H23F2N3O3. The lowest BCUT2D eigenvalue weighted by atomic mass is 10.2. The van der Waals surface area contributed by atoms with Gasteiger partial charge in [-0.15, -0.1) is 0 Å². The van der Waals surface area contributed by atoms with Crippen molar-refractivity contribution in [2.24, 2.45) is 0 Å². The number of nitrogens with zero attached hydrogens (tertiary/aromatic N) is 2. The highest BCUT2D eigenvalue weighted by Gasteiger charge is 2.28. The van der Waals surface area contributed by atoms with Gasteiger partial charge in [0.25, 0.3) is 5.91 Å². The van der Waals surface area contributed by atoms with Crippen LogP contribution in [-0.2, 0) is 9.53 Å². The Morgan fingerprint density at radius 3 is 2.45 bits per heavy atom.